The van der Waals surface area contributed by atoms with Gasteiger partial charge in [0.25, 0.3) is 0 Å². The van der Waals surface area contributed by atoms with Crippen LogP contribution in [-0.4, -0.2) is 9.97 Å². The van der Waals surface area contributed by atoms with Gasteiger partial charge in [0.2, 0.25) is 0 Å². The van der Waals surface area contributed by atoms with Crippen molar-refractivity contribution in [1.82, 2.24) is 9.97 Å². The first-order valence-corrected chi connectivity index (χ1v) is 6.73. The fourth-order valence-corrected chi connectivity index (χ4v) is 2.45. The van der Waals surface area contributed by atoms with Crippen LogP contribution in [0.25, 0.3) is 0 Å². The normalized spacial score (nSPS) is 10.7. The van der Waals surface area contributed by atoms with E-state index in [4.69, 9.17) is 11.5 Å². The molecule has 0 fully saturated rings. The zero-order chi connectivity index (χ0) is 14.7. The largest absolute Gasteiger partial charge is 0.382 e. The highest BCUT2D eigenvalue weighted by Crippen LogP contribution is 2.32. The zero-order valence-corrected chi connectivity index (χ0v) is 11.5. The highest BCUT2D eigenvalue weighted by atomic mass is 15.0. The van der Waals surface area contributed by atoms with Crippen molar-refractivity contribution in [2.24, 2.45) is 0 Å². The Balaban J connectivity index is 2.17. The number of aromatic nitrogens is 2. The van der Waals surface area contributed by atoms with Crippen LogP contribution in [-0.2, 0) is 0 Å². The minimum atomic E-state index is -0.0551. The summed E-state index contributed by atoms with van der Waals surface area (Å²) in [6.45, 7) is 0. The molecule has 3 aromatic rings. The van der Waals surface area contributed by atoms with Crippen LogP contribution < -0.4 is 11.5 Å². The summed E-state index contributed by atoms with van der Waals surface area (Å²) in [6, 6.07) is 20.3. The zero-order valence-electron chi connectivity index (χ0n) is 11.5. The van der Waals surface area contributed by atoms with Crippen LogP contribution >= 0.6 is 0 Å². The molecule has 3 rings (SSSR count). The van der Waals surface area contributed by atoms with E-state index in [9.17, 15) is 0 Å². The second kappa shape index (κ2) is 5.63. The molecule has 1 aromatic heterocycles. The number of hydrogen-bond acceptors (Lipinski definition) is 4. The molecule has 21 heavy (non-hydrogen) atoms. The van der Waals surface area contributed by atoms with E-state index < -0.39 is 0 Å². The standard InChI is InChI=1S/C17H16N4/c18-14-11-20-16(17(19)21-14)15(12-7-3-1-4-8-12)13-9-5-2-6-10-13/h1-11,15H,(H4,18,19,21). The smallest absolute Gasteiger partial charge is 0.148 e. The first-order chi connectivity index (χ1) is 10.3. The van der Waals surface area contributed by atoms with Gasteiger partial charge in [-0.15, -0.1) is 0 Å². The average molecular weight is 276 g/mol. The third-order valence-electron chi connectivity index (χ3n) is 3.39. The molecule has 0 aliphatic rings. The van der Waals surface area contributed by atoms with Crippen LogP contribution in [0.1, 0.15) is 22.7 Å². The number of nitrogen functional groups attached to an aromatic ring is 2. The number of nitrogens with zero attached hydrogens (tertiary/aromatic N) is 2. The molecule has 0 saturated heterocycles. The van der Waals surface area contributed by atoms with E-state index in [0.29, 0.717) is 11.6 Å². The quantitative estimate of drug-likeness (QED) is 0.771. The molecule has 0 spiro atoms. The van der Waals surface area contributed by atoms with Crippen LogP contribution in [0.5, 0.6) is 0 Å². The molecule has 4 heteroatoms. The fraction of sp³-hybridized carbons (Fsp3) is 0.0588. The molecule has 0 bridgehead atoms. The third kappa shape index (κ3) is 2.69. The van der Waals surface area contributed by atoms with Crippen molar-refractivity contribution in [2.45, 2.75) is 5.92 Å². The van der Waals surface area contributed by atoms with E-state index in [1.807, 2.05) is 36.4 Å². The molecular weight excluding hydrogens is 260 g/mol. The Morgan fingerprint density at radius 2 is 1.29 bits per heavy atom. The van der Waals surface area contributed by atoms with Crippen LogP contribution in [0.3, 0.4) is 0 Å². The highest BCUT2D eigenvalue weighted by molar-refractivity contribution is 5.50. The monoisotopic (exact) mass is 276 g/mol. The van der Waals surface area contributed by atoms with Gasteiger partial charge in [0.15, 0.2) is 0 Å². The molecule has 2 aromatic carbocycles. The van der Waals surface area contributed by atoms with E-state index in [1.165, 1.54) is 0 Å². The lowest BCUT2D eigenvalue weighted by atomic mass is 9.88. The molecule has 0 aliphatic carbocycles. The number of nitrogens with two attached hydrogens (primary N) is 2. The Morgan fingerprint density at radius 3 is 1.76 bits per heavy atom. The molecule has 104 valence electrons. The van der Waals surface area contributed by atoms with Gasteiger partial charge in [-0.25, -0.2) is 4.98 Å². The molecule has 1 heterocycles. The number of rotatable bonds is 3. The Hall–Kier alpha value is -2.88. The maximum absolute atomic E-state index is 6.04. The van der Waals surface area contributed by atoms with Gasteiger partial charge in [-0.05, 0) is 11.1 Å². The first-order valence-electron chi connectivity index (χ1n) is 6.73. The van der Waals surface area contributed by atoms with Gasteiger partial charge in [-0.2, -0.15) is 0 Å². The lowest BCUT2D eigenvalue weighted by molar-refractivity contribution is 0.910. The molecule has 0 amide bonds. The summed E-state index contributed by atoms with van der Waals surface area (Å²) >= 11 is 0. The SMILES string of the molecule is Nc1cnc(C(c2ccccc2)c2ccccc2)c(N)n1. The van der Waals surface area contributed by atoms with Crippen molar-refractivity contribution < 1.29 is 0 Å². The summed E-state index contributed by atoms with van der Waals surface area (Å²) in [5.74, 6) is 0.643. The molecule has 0 aliphatic heterocycles. The first kappa shape index (κ1) is 13.1. The molecule has 0 radical (unpaired) electrons. The maximum atomic E-state index is 6.04. The van der Waals surface area contributed by atoms with E-state index in [1.54, 1.807) is 6.20 Å². The fourth-order valence-electron chi connectivity index (χ4n) is 2.45. The van der Waals surface area contributed by atoms with Gasteiger partial charge in [-0.1, -0.05) is 60.7 Å². The second-order valence-electron chi connectivity index (χ2n) is 4.82. The van der Waals surface area contributed by atoms with Crippen molar-refractivity contribution in [3.8, 4) is 0 Å². The molecule has 4 N–H and O–H groups in total. The topological polar surface area (TPSA) is 77.8 Å². The maximum Gasteiger partial charge on any atom is 0.148 e. The van der Waals surface area contributed by atoms with Crippen LogP contribution in [0.2, 0.25) is 0 Å². The molecular formula is C17H16N4. The molecule has 0 saturated carbocycles. The van der Waals surface area contributed by atoms with E-state index >= 15 is 0 Å². The van der Waals surface area contributed by atoms with Crippen molar-refractivity contribution in [3.63, 3.8) is 0 Å². The summed E-state index contributed by atoms with van der Waals surface area (Å²) in [7, 11) is 0. The minimum absolute atomic E-state index is 0.0551. The molecule has 4 nitrogen and oxygen atoms in total. The summed E-state index contributed by atoms with van der Waals surface area (Å²) in [5, 5.41) is 0. The van der Waals surface area contributed by atoms with Crippen molar-refractivity contribution in [3.05, 3.63) is 83.7 Å². The Labute approximate surface area is 123 Å². The average Bonchev–Trinajstić information content (AvgIpc) is 2.52. The number of hydrogen-bond donors (Lipinski definition) is 2. The Morgan fingerprint density at radius 1 is 0.762 bits per heavy atom. The third-order valence-corrected chi connectivity index (χ3v) is 3.39. The molecule has 0 atom stereocenters. The molecule has 0 unspecified atom stereocenters. The van der Waals surface area contributed by atoms with Crippen molar-refractivity contribution >= 4 is 11.6 Å². The van der Waals surface area contributed by atoms with Crippen LogP contribution in [0.4, 0.5) is 11.6 Å². The Bertz CT molecular complexity index is 687. The van der Waals surface area contributed by atoms with Gasteiger partial charge in [0.05, 0.1) is 17.8 Å². The van der Waals surface area contributed by atoms with E-state index in [2.05, 4.69) is 34.2 Å². The van der Waals surface area contributed by atoms with E-state index in [-0.39, 0.29) is 5.92 Å². The van der Waals surface area contributed by atoms with E-state index in [0.717, 1.165) is 16.8 Å². The second-order valence-corrected chi connectivity index (χ2v) is 4.82. The van der Waals surface area contributed by atoms with Crippen molar-refractivity contribution in [1.29, 1.82) is 0 Å². The van der Waals surface area contributed by atoms with Crippen LogP contribution in [0.15, 0.2) is 66.9 Å². The van der Waals surface area contributed by atoms with Gasteiger partial charge in [0.1, 0.15) is 11.6 Å². The van der Waals surface area contributed by atoms with Gasteiger partial charge < -0.3 is 11.5 Å². The predicted molar refractivity (Wildman–Crippen MR) is 84.7 cm³/mol. The lowest BCUT2D eigenvalue weighted by Crippen LogP contribution is -2.11. The van der Waals surface area contributed by atoms with Gasteiger partial charge in [-0.3, -0.25) is 4.98 Å². The van der Waals surface area contributed by atoms with Gasteiger partial charge >= 0.3 is 0 Å². The Kier molecular flexibility index (Phi) is 3.51. The van der Waals surface area contributed by atoms with Crippen LogP contribution in [0, 0.1) is 0 Å². The highest BCUT2D eigenvalue weighted by Gasteiger charge is 2.21. The summed E-state index contributed by atoms with van der Waals surface area (Å²) in [6.07, 6.45) is 1.55. The number of anilines is 2. The van der Waals surface area contributed by atoms with Gasteiger partial charge in [0, 0.05) is 0 Å². The number of benzene rings is 2. The minimum Gasteiger partial charge on any atom is -0.382 e. The summed E-state index contributed by atoms with van der Waals surface area (Å²) < 4.78 is 0. The summed E-state index contributed by atoms with van der Waals surface area (Å²) in [4.78, 5) is 8.56. The predicted octanol–water partition coefficient (Wildman–Crippen LogP) is 2.82. The lowest BCUT2D eigenvalue weighted by Gasteiger charge is -2.18. The summed E-state index contributed by atoms with van der Waals surface area (Å²) in [5.41, 5.74) is 14.7. The van der Waals surface area contributed by atoms with Crippen molar-refractivity contribution in [2.75, 3.05) is 11.5 Å².